The Morgan fingerprint density at radius 3 is 2.61 bits per heavy atom. The van der Waals surface area contributed by atoms with Crippen molar-refractivity contribution >= 4 is 18.4 Å². The van der Waals surface area contributed by atoms with Gasteiger partial charge in [-0.05, 0) is 30.7 Å². The number of hydrogen-bond donors (Lipinski definition) is 0. The number of carbonyl (C=O) groups is 1. The molecule has 0 unspecified atom stereocenters. The van der Waals surface area contributed by atoms with Gasteiger partial charge in [-0.2, -0.15) is 0 Å². The number of benzene rings is 1. The summed E-state index contributed by atoms with van der Waals surface area (Å²) in [5, 5.41) is 7.62. The molecule has 0 amide bonds. The summed E-state index contributed by atoms with van der Waals surface area (Å²) in [5.74, 6) is -0.277. The van der Waals surface area contributed by atoms with Crippen molar-refractivity contribution in [2.24, 2.45) is 0 Å². The molecule has 5 heteroatoms. The Balaban J connectivity index is 2.30. The molecule has 0 saturated heterocycles. The van der Waals surface area contributed by atoms with Crippen molar-refractivity contribution in [2.75, 3.05) is 0 Å². The molecule has 0 aliphatic carbocycles. The maximum absolute atomic E-state index is 12.7. The quantitative estimate of drug-likeness (QED) is 0.777. The average molecular weight is 245 g/mol. The molecule has 2 rings (SSSR count). The van der Waals surface area contributed by atoms with E-state index in [2.05, 4.69) is 10.3 Å². The van der Waals surface area contributed by atoms with Crippen LogP contribution in [0.15, 0.2) is 24.3 Å². The van der Waals surface area contributed by atoms with Crippen molar-refractivity contribution in [1.82, 2.24) is 15.0 Å². The summed E-state index contributed by atoms with van der Waals surface area (Å²) in [5.41, 5.74) is 1.80. The van der Waals surface area contributed by atoms with Gasteiger partial charge in [-0.1, -0.05) is 23.4 Å². The van der Waals surface area contributed by atoms with Gasteiger partial charge >= 0.3 is 0 Å². The molecule has 0 aliphatic heterocycles. The van der Waals surface area contributed by atoms with Crippen LogP contribution in [0.3, 0.4) is 0 Å². The highest BCUT2D eigenvalue weighted by Crippen LogP contribution is 2.11. The molecule has 1 aromatic heterocycles. The smallest absolute Gasteiger partial charge is 0.172 e. The van der Waals surface area contributed by atoms with E-state index >= 15 is 0 Å². The lowest BCUT2D eigenvalue weighted by molar-refractivity contribution is 0.111. The van der Waals surface area contributed by atoms with Crippen LogP contribution in [0.2, 0.25) is 0 Å². The molecular weight excluding hydrogens is 233 g/mol. The Hall–Kier alpha value is -2.30. The lowest BCUT2D eigenvalue weighted by Crippen LogP contribution is -1.99. The number of carbonyl (C=O) groups excluding carboxylic acids is 1. The van der Waals surface area contributed by atoms with Gasteiger partial charge in [0.1, 0.15) is 5.82 Å². The highest BCUT2D eigenvalue weighted by atomic mass is 19.1. The highest BCUT2D eigenvalue weighted by Gasteiger charge is 2.07. The van der Waals surface area contributed by atoms with Crippen molar-refractivity contribution in [3.63, 3.8) is 0 Å². The summed E-state index contributed by atoms with van der Waals surface area (Å²) in [7, 11) is 0. The van der Waals surface area contributed by atoms with Crippen LogP contribution in [0.25, 0.3) is 12.2 Å². The first-order valence-electron chi connectivity index (χ1n) is 5.57. The summed E-state index contributed by atoms with van der Waals surface area (Å²) in [6, 6.07) is 6.09. The van der Waals surface area contributed by atoms with E-state index in [9.17, 15) is 9.18 Å². The molecule has 0 fully saturated rings. The second kappa shape index (κ2) is 5.35. The molecule has 0 aliphatic rings. The van der Waals surface area contributed by atoms with Gasteiger partial charge in [0.15, 0.2) is 12.0 Å². The predicted molar refractivity (Wildman–Crippen MR) is 66.4 cm³/mol. The predicted octanol–water partition coefficient (Wildman–Crippen LogP) is 2.42. The van der Waals surface area contributed by atoms with E-state index in [-0.39, 0.29) is 5.82 Å². The Labute approximate surface area is 104 Å². The molecule has 0 bridgehead atoms. The first-order chi connectivity index (χ1) is 8.74. The van der Waals surface area contributed by atoms with Gasteiger partial charge in [0.05, 0.1) is 5.69 Å². The second-order valence-corrected chi connectivity index (χ2v) is 3.68. The molecule has 2 aromatic rings. The Morgan fingerprint density at radius 1 is 1.28 bits per heavy atom. The van der Waals surface area contributed by atoms with Crippen molar-refractivity contribution in [3.05, 3.63) is 47.0 Å². The lowest BCUT2D eigenvalue weighted by Gasteiger charge is -1.98. The lowest BCUT2D eigenvalue weighted by atomic mass is 10.2. The summed E-state index contributed by atoms with van der Waals surface area (Å²) < 4.78 is 14.4. The summed E-state index contributed by atoms with van der Waals surface area (Å²) in [4.78, 5) is 10.8. The van der Waals surface area contributed by atoms with Crippen LogP contribution in [0.1, 0.15) is 28.7 Å². The van der Waals surface area contributed by atoms with E-state index in [1.807, 2.05) is 6.92 Å². The third-order valence-electron chi connectivity index (χ3n) is 2.52. The van der Waals surface area contributed by atoms with E-state index < -0.39 is 0 Å². The first-order valence-corrected chi connectivity index (χ1v) is 5.57. The van der Waals surface area contributed by atoms with E-state index in [1.54, 1.807) is 29.0 Å². The zero-order valence-electron chi connectivity index (χ0n) is 9.88. The molecule has 0 N–H and O–H groups in total. The number of aldehydes is 1. The molecule has 0 spiro atoms. The van der Waals surface area contributed by atoms with Crippen LogP contribution in [0, 0.1) is 5.82 Å². The van der Waals surface area contributed by atoms with Crippen molar-refractivity contribution in [1.29, 1.82) is 0 Å². The molecule has 1 heterocycles. The van der Waals surface area contributed by atoms with Gasteiger partial charge in [-0.3, -0.25) is 4.79 Å². The van der Waals surface area contributed by atoms with E-state index in [0.29, 0.717) is 24.2 Å². The van der Waals surface area contributed by atoms with Gasteiger partial charge in [-0.25, -0.2) is 9.07 Å². The number of halogens is 1. The van der Waals surface area contributed by atoms with Crippen LogP contribution in [0.4, 0.5) is 4.39 Å². The van der Waals surface area contributed by atoms with E-state index in [1.165, 1.54) is 12.1 Å². The SMILES string of the molecule is CCn1nnc(C=O)c1/C=C/c1ccc(F)cc1. The normalized spacial score (nSPS) is 11.0. The number of rotatable bonds is 4. The fourth-order valence-corrected chi connectivity index (χ4v) is 1.57. The Morgan fingerprint density at radius 2 is 2.00 bits per heavy atom. The third-order valence-corrected chi connectivity index (χ3v) is 2.52. The van der Waals surface area contributed by atoms with Crippen molar-refractivity contribution < 1.29 is 9.18 Å². The fraction of sp³-hybridized carbons (Fsp3) is 0.154. The minimum absolute atomic E-state index is 0.277. The second-order valence-electron chi connectivity index (χ2n) is 3.68. The minimum atomic E-state index is -0.277. The van der Waals surface area contributed by atoms with Crippen molar-refractivity contribution in [3.8, 4) is 0 Å². The Kier molecular flexibility index (Phi) is 3.62. The van der Waals surface area contributed by atoms with E-state index in [4.69, 9.17) is 0 Å². The molecule has 0 radical (unpaired) electrons. The number of hydrogen-bond acceptors (Lipinski definition) is 3. The van der Waals surface area contributed by atoms with Gasteiger partial charge in [0.2, 0.25) is 0 Å². The maximum atomic E-state index is 12.7. The van der Waals surface area contributed by atoms with E-state index in [0.717, 1.165) is 5.56 Å². The molecule has 1 aromatic carbocycles. The minimum Gasteiger partial charge on any atom is -0.296 e. The van der Waals surface area contributed by atoms with Gasteiger partial charge in [-0.15, -0.1) is 5.10 Å². The number of aryl methyl sites for hydroxylation is 1. The maximum Gasteiger partial charge on any atom is 0.172 e. The van der Waals surface area contributed by atoms with Crippen LogP contribution >= 0.6 is 0 Å². The number of nitrogens with zero attached hydrogens (tertiary/aromatic N) is 3. The molecule has 92 valence electrons. The first kappa shape index (κ1) is 12.2. The largest absolute Gasteiger partial charge is 0.296 e. The highest BCUT2D eigenvalue weighted by molar-refractivity contribution is 5.81. The Bertz CT molecular complexity index is 572. The fourth-order valence-electron chi connectivity index (χ4n) is 1.57. The van der Waals surface area contributed by atoms with Crippen LogP contribution in [-0.4, -0.2) is 21.3 Å². The topological polar surface area (TPSA) is 47.8 Å². The van der Waals surface area contributed by atoms with Gasteiger partial charge in [0.25, 0.3) is 0 Å². The van der Waals surface area contributed by atoms with Crippen LogP contribution < -0.4 is 0 Å². The van der Waals surface area contributed by atoms with Gasteiger partial charge < -0.3 is 0 Å². The molecule has 0 saturated carbocycles. The number of aromatic nitrogens is 3. The monoisotopic (exact) mass is 245 g/mol. The molecule has 4 nitrogen and oxygen atoms in total. The molecule has 0 atom stereocenters. The van der Waals surface area contributed by atoms with Crippen LogP contribution in [0.5, 0.6) is 0 Å². The standard InChI is InChI=1S/C13H12FN3O/c1-2-17-13(12(9-18)15-16-17)8-5-10-3-6-11(14)7-4-10/h3-9H,2H2,1H3/b8-5+. The van der Waals surface area contributed by atoms with Gasteiger partial charge in [0, 0.05) is 6.54 Å². The molecular formula is C13H12FN3O. The summed E-state index contributed by atoms with van der Waals surface area (Å²) in [6.07, 6.45) is 4.21. The van der Waals surface area contributed by atoms with Crippen LogP contribution in [-0.2, 0) is 6.54 Å². The average Bonchev–Trinajstić information content (AvgIpc) is 2.80. The zero-order valence-corrected chi connectivity index (χ0v) is 9.88. The third kappa shape index (κ3) is 2.51. The summed E-state index contributed by atoms with van der Waals surface area (Å²) >= 11 is 0. The zero-order chi connectivity index (χ0) is 13.0. The summed E-state index contributed by atoms with van der Waals surface area (Å²) in [6.45, 7) is 2.54. The van der Waals surface area contributed by atoms with Crippen molar-refractivity contribution in [2.45, 2.75) is 13.5 Å². The molecule has 18 heavy (non-hydrogen) atoms.